The Hall–Kier alpha value is -2.65. The molecular weight excluding hydrogens is 400 g/mol. The maximum atomic E-state index is 12.3. The molecule has 2 aromatic carbocycles. The molecule has 0 spiro atoms. The number of ether oxygens (including phenoxy) is 2. The van der Waals surface area contributed by atoms with Gasteiger partial charge in [-0.3, -0.25) is 4.79 Å². The van der Waals surface area contributed by atoms with Gasteiger partial charge in [0.1, 0.15) is 21.7 Å². The highest BCUT2D eigenvalue weighted by molar-refractivity contribution is 7.91. The molecule has 1 aromatic heterocycles. The molecule has 1 heterocycles. The molecule has 7 nitrogen and oxygen atoms in total. The van der Waals surface area contributed by atoms with Crippen molar-refractivity contribution < 1.29 is 22.7 Å². The van der Waals surface area contributed by atoms with Gasteiger partial charge < -0.3 is 14.8 Å². The molecule has 0 aliphatic rings. The minimum Gasteiger partial charge on any atom is -0.495 e. The van der Waals surface area contributed by atoms with Crippen molar-refractivity contribution in [2.75, 3.05) is 25.3 Å². The first kappa shape index (κ1) is 20.1. The number of amides is 1. The summed E-state index contributed by atoms with van der Waals surface area (Å²) in [6.45, 7) is 0. The van der Waals surface area contributed by atoms with E-state index < -0.39 is 9.84 Å². The van der Waals surface area contributed by atoms with Gasteiger partial charge in [0.15, 0.2) is 15.0 Å². The summed E-state index contributed by atoms with van der Waals surface area (Å²) in [5, 5.41) is 3.13. The Balaban J connectivity index is 1.64. The predicted octanol–water partition coefficient (Wildman–Crippen LogP) is 3.51. The highest BCUT2D eigenvalue weighted by Gasteiger charge is 2.17. The van der Waals surface area contributed by atoms with Gasteiger partial charge >= 0.3 is 0 Å². The van der Waals surface area contributed by atoms with Gasteiger partial charge in [-0.05, 0) is 30.7 Å². The van der Waals surface area contributed by atoms with E-state index in [0.717, 1.165) is 4.70 Å². The Morgan fingerprint density at radius 2 is 1.75 bits per heavy atom. The number of nitrogens with one attached hydrogen (secondary N) is 1. The van der Waals surface area contributed by atoms with E-state index in [1.807, 2.05) is 0 Å². The molecule has 1 amide bonds. The molecule has 0 saturated carbocycles. The molecule has 3 aromatic rings. The van der Waals surface area contributed by atoms with Gasteiger partial charge in [-0.15, -0.1) is 0 Å². The summed E-state index contributed by atoms with van der Waals surface area (Å²) in [7, 11) is -0.284. The van der Waals surface area contributed by atoms with Crippen LogP contribution in [0.25, 0.3) is 10.2 Å². The van der Waals surface area contributed by atoms with Crippen LogP contribution in [0.3, 0.4) is 0 Å². The number of carbonyl (C=O) groups excluding carboxylic acids is 1. The van der Waals surface area contributed by atoms with Crippen molar-refractivity contribution in [2.45, 2.75) is 17.7 Å². The van der Waals surface area contributed by atoms with Crippen LogP contribution in [-0.4, -0.2) is 39.3 Å². The third-order valence-corrected chi connectivity index (χ3v) is 6.88. The fraction of sp³-hybridized carbons (Fsp3) is 0.263. The Morgan fingerprint density at radius 1 is 1.07 bits per heavy atom. The van der Waals surface area contributed by atoms with E-state index in [1.165, 1.54) is 11.3 Å². The van der Waals surface area contributed by atoms with Gasteiger partial charge in [0.25, 0.3) is 0 Å². The fourth-order valence-electron chi connectivity index (χ4n) is 2.69. The molecular formula is C19H20N2O5S2. The van der Waals surface area contributed by atoms with Crippen LogP contribution in [0.4, 0.5) is 5.13 Å². The second kappa shape index (κ2) is 8.57. The van der Waals surface area contributed by atoms with Gasteiger partial charge in [0, 0.05) is 6.42 Å². The molecule has 9 heteroatoms. The van der Waals surface area contributed by atoms with E-state index in [0.29, 0.717) is 22.1 Å². The summed E-state index contributed by atoms with van der Waals surface area (Å²) >= 11 is 1.28. The maximum absolute atomic E-state index is 12.3. The lowest BCUT2D eigenvalue weighted by molar-refractivity contribution is -0.116. The summed E-state index contributed by atoms with van der Waals surface area (Å²) in [4.78, 5) is 16.9. The summed E-state index contributed by atoms with van der Waals surface area (Å²) < 4.78 is 35.9. The SMILES string of the molecule is COc1ccc(OC)c2sc(NC(=O)CCCS(=O)(=O)c3ccccc3)nc12. The molecule has 28 heavy (non-hydrogen) atoms. The number of hydrogen-bond acceptors (Lipinski definition) is 7. The van der Waals surface area contributed by atoms with Crippen LogP contribution in [-0.2, 0) is 14.6 Å². The van der Waals surface area contributed by atoms with Crippen molar-refractivity contribution in [3.05, 3.63) is 42.5 Å². The number of benzene rings is 2. The number of fused-ring (bicyclic) bond motifs is 1. The van der Waals surface area contributed by atoms with E-state index in [4.69, 9.17) is 9.47 Å². The Morgan fingerprint density at radius 3 is 2.43 bits per heavy atom. The van der Waals surface area contributed by atoms with Crippen molar-refractivity contribution in [3.63, 3.8) is 0 Å². The standard InChI is InChI=1S/C19H20N2O5S2/c1-25-14-10-11-15(26-2)18-17(14)21-19(27-18)20-16(22)9-6-12-28(23,24)13-7-4-3-5-8-13/h3-5,7-8,10-11H,6,9,12H2,1-2H3,(H,20,21,22). The van der Waals surface area contributed by atoms with Crippen LogP contribution in [0, 0.1) is 0 Å². The summed E-state index contributed by atoms with van der Waals surface area (Å²) in [5.74, 6) is 0.843. The van der Waals surface area contributed by atoms with E-state index in [1.54, 1.807) is 56.7 Å². The monoisotopic (exact) mass is 420 g/mol. The normalized spacial score (nSPS) is 11.4. The van der Waals surface area contributed by atoms with E-state index in [-0.39, 0.29) is 29.4 Å². The van der Waals surface area contributed by atoms with Crippen molar-refractivity contribution >= 4 is 42.4 Å². The highest BCUT2D eigenvalue weighted by atomic mass is 32.2. The number of hydrogen-bond donors (Lipinski definition) is 1. The number of sulfone groups is 1. The second-order valence-electron chi connectivity index (χ2n) is 5.95. The first-order valence-electron chi connectivity index (χ1n) is 8.54. The predicted molar refractivity (Wildman–Crippen MR) is 109 cm³/mol. The third-order valence-electron chi connectivity index (χ3n) is 4.08. The zero-order valence-electron chi connectivity index (χ0n) is 15.5. The van der Waals surface area contributed by atoms with Crippen LogP contribution < -0.4 is 14.8 Å². The second-order valence-corrected chi connectivity index (χ2v) is 9.06. The average molecular weight is 421 g/mol. The summed E-state index contributed by atoms with van der Waals surface area (Å²) in [6, 6.07) is 11.7. The van der Waals surface area contributed by atoms with Gasteiger partial charge in [-0.25, -0.2) is 13.4 Å². The smallest absolute Gasteiger partial charge is 0.226 e. The van der Waals surface area contributed by atoms with Crippen LogP contribution in [0.2, 0.25) is 0 Å². The lowest BCUT2D eigenvalue weighted by Crippen LogP contribution is -2.14. The van der Waals surface area contributed by atoms with Crippen molar-refractivity contribution in [2.24, 2.45) is 0 Å². The molecule has 0 bridgehead atoms. The number of rotatable bonds is 8. The average Bonchev–Trinajstić information content (AvgIpc) is 3.11. The quantitative estimate of drug-likeness (QED) is 0.599. The van der Waals surface area contributed by atoms with Gasteiger partial charge in [0.2, 0.25) is 5.91 Å². The van der Waals surface area contributed by atoms with Crippen LogP contribution in [0.5, 0.6) is 11.5 Å². The molecule has 0 unspecified atom stereocenters. The lowest BCUT2D eigenvalue weighted by Gasteiger charge is -2.04. The molecule has 0 radical (unpaired) electrons. The minimum atomic E-state index is -3.39. The Bertz CT molecular complexity index is 1040. The number of carbonyl (C=O) groups is 1. The van der Waals surface area contributed by atoms with E-state index >= 15 is 0 Å². The molecule has 0 saturated heterocycles. The molecule has 0 atom stereocenters. The van der Waals surface area contributed by atoms with Crippen molar-refractivity contribution in [1.29, 1.82) is 0 Å². The molecule has 0 aliphatic heterocycles. The Labute approximate surface area is 167 Å². The molecule has 0 fully saturated rings. The van der Waals surface area contributed by atoms with Crippen molar-refractivity contribution in [1.82, 2.24) is 4.98 Å². The van der Waals surface area contributed by atoms with Crippen LogP contribution in [0.15, 0.2) is 47.4 Å². The number of thiazole rings is 1. The maximum Gasteiger partial charge on any atom is 0.226 e. The van der Waals surface area contributed by atoms with Crippen LogP contribution in [0.1, 0.15) is 12.8 Å². The first-order chi connectivity index (χ1) is 13.4. The summed E-state index contributed by atoms with van der Waals surface area (Å²) in [5.41, 5.74) is 0.605. The van der Waals surface area contributed by atoms with E-state index in [9.17, 15) is 13.2 Å². The third kappa shape index (κ3) is 4.42. The highest BCUT2D eigenvalue weighted by Crippen LogP contribution is 2.38. The number of aromatic nitrogens is 1. The largest absolute Gasteiger partial charge is 0.495 e. The lowest BCUT2D eigenvalue weighted by atomic mass is 10.3. The first-order valence-corrected chi connectivity index (χ1v) is 11.0. The van der Waals surface area contributed by atoms with Gasteiger partial charge in [0.05, 0.1) is 24.9 Å². The van der Waals surface area contributed by atoms with E-state index in [2.05, 4.69) is 10.3 Å². The van der Waals surface area contributed by atoms with Crippen LogP contribution >= 0.6 is 11.3 Å². The van der Waals surface area contributed by atoms with Crippen molar-refractivity contribution in [3.8, 4) is 11.5 Å². The topological polar surface area (TPSA) is 94.6 Å². The van der Waals surface area contributed by atoms with Gasteiger partial charge in [-0.2, -0.15) is 0 Å². The molecule has 1 N–H and O–H groups in total. The number of nitrogens with zero attached hydrogens (tertiary/aromatic N) is 1. The molecule has 3 rings (SSSR count). The Kier molecular flexibility index (Phi) is 6.15. The minimum absolute atomic E-state index is 0.0796. The number of methoxy groups -OCH3 is 2. The molecule has 0 aliphatic carbocycles. The zero-order valence-corrected chi connectivity index (χ0v) is 17.1. The summed E-state index contributed by atoms with van der Waals surface area (Å²) in [6.07, 6.45) is 0.302. The molecule has 148 valence electrons. The fourth-order valence-corrected chi connectivity index (χ4v) is 5.01. The van der Waals surface area contributed by atoms with Gasteiger partial charge in [-0.1, -0.05) is 29.5 Å². The zero-order chi connectivity index (χ0) is 20.1. The number of anilines is 1.